The average Bonchev–Trinajstić information content (AvgIpc) is 2.75. The van der Waals surface area contributed by atoms with Gasteiger partial charge < -0.3 is 14.2 Å². The molecule has 104 valence electrons. The van der Waals surface area contributed by atoms with E-state index in [1.165, 1.54) is 5.56 Å². The smallest absolute Gasteiger partial charge is 0.231 e. The van der Waals surface area contributed by atoms with Crippen molar-refractivity contribution in [2.45, 2.75) is 32.6 Å². The van der Waals surface area contributed by atoms with Crippen LogP contribution < -0.4 is 9.47 Å². The highest BCUT2D eigenvalue weighted by atomic mass is 79.9. The van der Waals surface area contributed by atoms with Crippen molar-refractivity contribution in [1.82, 2.24) is 4.90 Å². The topological polar surface area (TPSA) is 30.9 Å². The van der Waals surface area contributed by atoms with Gasteiger partial charge in [-0.15, -0.1) is 0 Å². The summed E-state index contributed by atoms with van der Waals surface area (Å²) >= 11 is 3.61. The van der Waals surface area contributed by atoms with E-state index in [1.807, 2.05) is 6.07 Å². The Hall–Kier alpha value is -0.780. The van der Waals surface area contributed by atoms with Crippen LogP contribution in [0.4, 0.5) is 0 Å². The molecule has 0 spiro atoms. The highest BCUT2D eigenvalue weighted by Crippen LogP contribution is 2.37. The zero-order valence-corrected chi connectivity index (χ0v) is 12.8. The van der Waals surface area contributed by atoms with Gasteiger partial charge in [0.2, 0.25) is 6.79 Å². The van der Waals surface area contributed by atoms with Gasteiger partial charge in [-0.05, 0) is 31.5 Å². The van der Waals surface area contributed by atoms with Gasteiger partial charge in [-0.25, -0.2) is 0 Å². The number of nitrogens with zero attached hydrogens (tertiary/aromatic N) is 1. The zero-order chi connectivity index (χ0) is 13.4. The van der Waals surface area contributed by atoms with Gasteiger partial charge in [-0.3, -0.25) is 4.90 Å². The Morgan fingerprint density at radius 3 is 2.47 bits per heavy atom. The van der Waals surface area contributed by atoms with E-state index in [0.29, 0.717) is 6.79 Å². The van der Waals surface area contributed by atoms with E-state index in [0.717, 1.165) is 35.6 Å². The maximum atomic E-state index is 5.76. The Labute approximate surface area is 121 Å². The van der Waals surface area contributed by atoms with Crippen molar-refractivity contribution in [1.29, 1.82) is 0 Å². The van der Waals surface area contributed by atoms with Gasteiger partial charge in [-0.2, -0.15) is 0 Å². The molecule has 5 heteroatoms. The van der Waals surface area contributed by atoms with E-state index in [-0.39, 0.29) is 12.2 Å². The molecule has 0 unspecified atom stereocenters. The molecule has 2 heterocycles. The van der Waals surface area contributed by atoms with Crippen molar-refractivity contribution in [3.63, 3.8) is 0 Å². The predicted molar refractivity (Wildman–Crippen MR) is 75.6 cm³/mol. The lowest BCUT2D eigenvalue weighted by Gasteiger charge is -2.35. The summed E-state index contributed by atoms with van der Waals surface area (Å²) in [5, 5.41) is 0. The van der Waals surface area contributed by atoms with Crippen LogP contribution in [0.2, 0.25) is 0 Å². The Balaban J connectivity index is 1.76. The molecule has 2 aliphatic rings. The number of morpholine rings is 1. The second kappa shape index (κ2) is 5.31. The summed E-state index contributed by atoms with van der Waals surface area (Å²) in [5.41, 5.74) is 1.23. The summed E-state index contributed by atoms with van der Waals surface area (Å²) in [4.78, 5) is 2.42. The number of halogens is 1. The van der Waals surface area contributed by atoms with Crippen LogP contribution in [0.25, 0.3) is 0 Å². The van der Waals surface area contributed by atoms with E-state index < -0.39 is 0 Å². The van der Waals surface area contributed by atoms with E-state index >= 15 is 0 Å². The van der Waals surface area contributed by atoms with Crippen molar-refractivity contribution < 1.29 is 14.2 Å². The first-order valence-electron chi connectivity index (χ1n) is 6.57. The summed E-state index contributed by atoms with van der Waals surface area (Å²) in [7, 11) is 0. The highest BCUT2D eigenvalue weighted by Gasteiger charge is 2.24. The molecule has 1 aromatic rings. The van der Waals surface area contributed by atoms with Crippen molar-refractivity contribution in [3.05, 3.63) is 22.2 Å². The molecule has 1 fully saturated rings. The maximum absolute atomic E-state index is 5.76. The third-order valence-corrected chi connectivity index (χ3v) is 4.17. The van der Waals surface area contributed by atoms with E-state index in [1.54, 1.807) is 0 Å². The van der Waals surface area contributed by atoms with Gasteiger partial charge in [0.1, 0.15) is 0 Å². The molecule has 2 atom stereocenters. The number of hydrogen-bond donors (Lipinski definition) is 0. The Morgan fingerprint density at radius 1 is 1.16 bits per heavy atom. The van der Waals surface area contributed by atoms with E-state index in [4.69, 9.17) is 14.2 Å². The fourth-order valence-electron chi connectivity index (χ4n) is 2.73. The molecule has 19 heavy (non-hydrogen) atoms. The summed E-state index contributed by atoms with van der Waals surface area (Å²) in [6.07, 6.45) is 0.577. The van der Waals surface area contributed by atoms with Gasteiger partial charge in [0, 0.05) is 24.1 Å². The van der Waals surface area contributed by atoms with Gasteiger partial charge >= 0.3 is 0 Å². The summed E-state index contributed by atoms with van der Waals surface area (Å²) in [6.45, 7) is 7.39. The number of benzene rings is 1. The molecule has 1 saturated heterocycles. The lowest BCUT2D eigenvalue weighted by molar-refractivity contribution is -0.0705. The second-order valence-corrected chi connectivity index (χ2v) is 6.10. The lowest BCUT2D eigenvalue weighted by Crippen LogP contribution is -2.44. The fourth-order valence-corrected chi connectivity index (χ4v) is 3.18. The summed E-state index contributed by atoms with van der Waals surface area (Å²) in [5.74, 6) is 1.66. The number of hydrogen-bond acceptors (Lipinski definition) is 4. The van der Waals surface area contributed by atoms with Gasteiger partial charge in [0.15, 0.2) is 11.5 Å². The minimum atomic E-state index is 0.288. The van der Waals surface area contributed by atoms with Crippen LogP contribution in [0.15, 0.2) is 16.6 Å². The van der Waals surface area contributed by atoms with Crippen LogP contribution in [0.1, 0.15) is 19.4 Å². The third kappa shape index (κ3) is 2.88. The molecule has 2 aliphatic heterocycles. The van der Waals surface area contributed by atoms with Crippen LogP contribution >= 0.6 is 15.9 Å². The van der Waals surface area contributed by atoms with Crippen molar-refractivity contribution in [2.24, 2.45) is 0 Å². The van der Waals surface area contributed by atoms with Crippen molar-refractivity contribution in [2.75, 3.05) is 19.9 Å². The highest BCUT2D eigenvalue weighted by molar-refractivity contribution is 9.10. The van der Waals surface area contributed by atoms with Gasteiger partial charge in [0.25, 0.3) is 0 Å². The molecule has 0 amide bonds. The molecule has 3 rings (SSSR count). The van der Waals surface area contributed by atoms with Crippen molar-refractivity contribution >= 4 is 15.9 Å². The van der Waals surface area contributed by atoms with Crippen LogP contribution in [0.3, 0.4) is 0 Å². The normalized spacial score (nSPS) is 26.7. The molecule has 0 saturated carbocycles. The molecule has 0 bridgehead atoms. The minimum absolute atomic E-state index is 0.288. The fraction of sp³-hybridized carbons (Fsp3) is 0.571. The van der Waals surface area contributed by atoms with Crippen molar-refractivity contribution in [3.8, 4) is 11.5 Å². The molecule has 0 N–H and O–H groups in total. The van der Waals surface area contributed by atoms with Crippen LogP contribution in [-0.4, -0.2) is 37.0 Å². The number of rotatable bonds is 2. The van der Waals surface area contributed by atoms with Crippen LogP contribution in [-0.2, 0) is 11.3 Å². The van der Waals surface area contributed by atoms with E-state index in [9.17, 15) is 0 Å². The van der Waals surface area contributed by atoms with Gasteiger partial charge in [0.05, 0.1) is 12.2 Å². The average molecular weight is 328 g/mol. The lowest BCUT2D eigenvalue weighted by atomic mass is 10.1. The Bertz CT molecular complexity index is 470. The maximum Gasteiger partial charge on any atom is 0.231 e. The molecule has 4 nitrogen and oxygen atoms in total. The quantitative estimate of drug-likeness (QED) is 0.835. The largest absolute Gasteiger partial charge is 0.454 e. The first kappa shape index (κ1) is 13.2. The Morgan fingerprint density at radius 2 is 1.79 bits per heavy atom. The minimum Gasteiger partial charge on any atom is -0.454 e. The van der Waals surface area contributed by atoms with E-state index in [2.05, 4.69) is 40.7 Å². The van der Waals surface area contributed by atoms with Crippen LogP contribution in [0.5, 0.6) is 11.5 Å². The molecular weight excluding hydrogens is 310 g/mol. The zero-order valence-electron chi connectivity index (χ0n) is 11.2. The first-order valence-corrected chi connectivity index (χ1v) is 7.37. The summed E-state index contributed by atoms with van der Waals surface area (Å²) in [6, 6.07) is 4.06. The second-order valence-electron chi connectivity index (χ2n) is 5.25. The van der Waals surface area contributed by atoms with Gasteiger partial charge in [-0.1, -0.05) is 15.9 Å². The first-order chi connectivity index (χ1) is 9.11. The number of fused-ring (bicyclic) bond motifs is 1. The molecule has 0 aromatic heterocycles. The SMILES string of the molecule is C[C@@H]1CN(Cc2cc3c(cc2Br)OCO3)C[C@H](C)O1. The predicted octanol–water partition coefficient (Wildman–Crippen LogP) is 2.79. The molecule has 0 aliphatic carbocycles. The molecule has 0 radical (unpaired) electrons. The molecule has 1 aromatic carbocycles. The molecular formula is C14H18BrNO3. The van der Waals surface area contributed by atoms with Crippen LogP contribution in [0, 0.1) is 0 Å². The third-order valence-electron chi connectivity index (χ3n) is 3.43. The monoisotopic (exact) mass is 327 g/mol. The summed E-state index contributed by atoms with van der Waals surface area (Å²) < 4.78 is 17.6. The standard InChI is InChI=1S/C14H18BrNO3/c1-9-5-16(6-10(2)19-9)7-11-3-13-14(4-12(11)15)18-8-17-13/h3-4,9-10H,5-8H2,1-2H3/t9-,10+. The number of ether oxygens (including phenoxy) is 3. The Kier molecular flexibility index (Phi) is 3.69.